The fourth-order valence-electron chi connectivity index (χ4n) is 0.767. The number of carbonyl (C=O) groups excluding carboxylic acids is 1. The lowest BCUT2D eigenvalue weighted by Gasteiger charge is -2.01. The number of rotatable bonds is 2. The number of primary amides is 1. The summed E-state index contributed by atoms with van der Waals surface area (Å²) in [6.07, 6.45) is 0. The second-order valence-corrected chi connectivity index (χ2v) is 2.57. The van der Waals surface area contributed by atoms with Crippen LogP contribution in [0.15, 0.2) is 12.1 Å². The van der Waals surface area contributed by atoms with Gasteiger partial charge in [-0.2, -0.15) is 0 Å². The summed E-state index contributed by atoms with van der Waals surface area (Å²) >= 11 is 5.61. The van der Waals surface area contributed by atoms with E-state index in [9.17, 15) is 4.79 Å². The first-order chi connectivity index (χ1) is 5.63. The third-order valence-electron chi connectivity index (χ3n) is 1.33. The van der Waals surface area contributed by atoms with Gasteiger partial charge in [0.05, 0.1) is 0 Å². The molecule has 0 aliphatic carbocycles. The van der Waals surface area contributed by atoms with Crippen molar-refractivity contribution in [2.24, 2.45) is 5.73 Å². The largest absolute Gasteiger partial charge is 0.373 e. The Morgan fingerprint density at radius 3 is 2.83 bits per heavy atom. The van der Waals surface area contributed by atoms with E-state index in [1.807, 2.05) is 0 Å². The van der Waals surface area contributed by atoms with Crippen LogP contribution >= 0.6 is 11.6 Å². The molecular weight excluding hydrogens is 178 g/mol. The monoisotopic (exact) mass is 185 g/mol. The van der Waals surface area contributed by atoms with Gasteiger partial charge in [0.2, 0.25) is 5.91 Å². The predicted octanol–water partition coefficient (Wildman–Crippen LogP) is 0.876. The molecule has 4 nitrogen and oxygen atoms in total. The van der Waals surface area contributed by atoms with Crippen LogP contribution in [0.3, 0.4) is 0 Å². The highest BCUT2D eigenvalue weighted by Gasteiger charge is 2.03. The van der Waals surface area contributed by atoms with Gasteiger partial charge in [0.15, 0.2) is 0 Å². The molecular formula is C7H8ClN3O. The molecule has 64 valence electrons. The van der Waals surface area contributed by atoms with Crippen molar-refractivity contribution in [3.8, 4) is 0 Å². The molecule has 1 aromatic heterocycles. The molecule has 0 fully saturated rings. The number of carbonyl (C=O) groups is 1. The summed E-state index contributed by atoms with van der Waals surface area (Å²) in [4.78, 5) is 14.6. The Bertz CT molecular complexity index is 314. The number of nitrogens with zero attached hydrogens (tertiary/aromatic N) is 1. The molecule has 12 heavy (non-hydrogen) atoms. The van der Waals surface area contributed by atoms with Gasteiger partial charge in [-0.25, -0.2) is 4.98 Å². The quantitative estimate of drug-likeness (QED) is 0.672. The number of halogens is 1. The molecule has 0 atom stereocenters. The number of hydrogen-bond acceptors (Lipinski definition) is 3. The van der Waals surface area contributed by atoms with Gasteiger partial charge in [0.1, 0.15) is 11.0 Å². The van der Waals surface area contributed by atoms with Gasteiger partial charge in [0.25, 0.3) is 0 Å². The topological polar surface area (TPSA) is 68.0 Å². The van der Waals surface area contributed by atoms with Crippen molar-refractivity contribution < 1.29 is 4.79 Å². The molecule has 3 N–H and O–H groups in total. The highest BCUT2D eigenvalue weighted by Crippen LogP contribution is 2.13. The zero-order valence-electron chi connectivity index (χ0n) is 6.47. The third-order valence-corrected chi connectivity index (χ3v) is 1.53. The van der Waals surface area contributed by atoms with E-state index in [0.717, 1.165) is 0 Å². The third kappa shape index (κ3) is 1.85. The predicted molar refractivity (Wildman–Crippen MR) is 47.3 cm³/mol. The average Bonchev–Trinajstić information content (AvgIpc) is 2.03. The Kier molecular flexibility index (Phi) is 2.50. The van der Waals surface area contributed by atoms with Crippen molar-refractivity contribution in [2.45, 2.75) is 0 Å². The minimum Gasteiger partial charge on any atom is -0.373 e. The molecule has 0 bridgehead atoms. The molecule has 0 spiro atoms. The molecule has 0 aliphatic heterocycles. The van der Waals surface area contributed by atoms with Crippen LogP contribution in [0.25, 0.3) is 0 Å². The fourth-order valence-corrected chi connectivity index (χ4v) is 0.976. The maximum Gasteiger partial charge on any atom is 0.248 e. The van der Waals surface area contributed by atoms with Gasteiger partial charge in [-0.1, -0.05) is 11.6 Å². The van der Waals surface area contributed by atoms with Gasteiger partial charge in [-0.05, 0) is 12.1 Å². The number of nitrogens with one attached hydrogen (secondary N) is 1. The SMILES string of the molecule is CNc1cc(C(N)=O)cc(Cl)n1. The van der Waals surface area contributed by atoms with Crippen LogP contribution in [0.2, 0.25) is 5.15 Å². The summed E-state index contributed by atoms with van der Waals surface area (Å²) in [5.41, 5.74) is 5.40. The first-order valence-electron chi connectivity index (χ1n) is 3.28. The average molecular weight is 186 g/mol. The lowest BCUT2D eigenvalue weighted by Crippen LogP contribution is -2.11. The number of hydrogen-bond donors (Lipinski definition) is 2. The molecule has 1 amide bonds. The van der Waals surface area contributed by atoms with E-state index < -0.39 is 5.91 Å². The summed E-state index contributed by atoms with van der Waals surface area (Å²) < 4.78 is 0. The van der Waals surface area contributed by atoms with Crippen molar-refractivity contribution in [1.82, 2.24) is 4.98 Å². The van der Waals surface area contributed by atoms with Gasteiger partial charge >= 0.3 is 0 Å². The number of nitrogens with two attached hydrogens (primary N) is 1. The van der Waals surface area contributed by atoms with Gasteiger partial charge in [0, 0.05) is 12.6 Å². The summed E-state index contributed by atoms with van der Waals surface area (Å²) in [6.45, 7) is 0. The maximum atomic E-state index is 10.7. The molecule has 0 aromatic carbocycles. The second-order valence-electron chi connectivity index (χ2n) is 2.18. The summed E-state index contributed by atoms with van der Waals surface area (Å²) in [5.74, 6) is 0.00657. The molecule has 1 rings (SSSR count). The molecule has 0 saturated carbocycles. The van der Waals surface area contributed by atoms with Crippen molar-refractivity contribution in [1.29, 1.82) is 0 Å². The number of amides is 1. The smallest absolute Gasteiger partial charge is 0.248 e. The van der Waals surface area contributed by atoms with Crippen LogP contribution in [0, 0.1) is 0 Å². The van der Waals surface area contributed by atoms with Crippen LogP contribution in [-0.2, 0) is 0 Å². The van der Waals surface area contributed by atoms with Crippen LogP contribution < -0.4 is 11.1 Å². The molecule has 5 heteroatoms. The highest BCUT2D eigenvalue weighted by molar-refractivity contribution is 6.29. The first-order valence-corrected chi connectivity index (χ1v) is 3.66. The zero-order valence-corrected chi connectivity index (χ0v) is 7.22. The number of aromatic nitrogens is 1. The standard InChI is InChI=1S/C7H8ClN3O/c1-10-6-3-4(7(9)12)2-5(8)11-6/h2-3H,1H3,(H2,9,12)(H,10,11). The highest BCUT2D eigenvalue weighted by atomic mass is 35.5. The van der Waals surface area contributed by atoms with E-state index in [1.165, 1.54) is 12.1 Å². The summed E-state index contributed by atoms with van der Waals surface area (Å²) in [5, 5.41) is 3.01. The van der Waals surface area contributed by atoms with E-state index in [2.05, 4.69) is 10.3 Å². The molecule has 0 aliphatic rings. The van der Waals surface area contributed by atoms with Crippen molar-refractivity contribution in [2.75, 3.05) is 12.4 Å². The van der Waals surface area contributed by atoms with Crippen LogP contribution in [0.5, 0.6) is 0 Å². The minimum absolute atomic E-state index is 0.246. The molecule has 1 aromatic rings. The van der Waals surface area contributed by atoms with E-state index in [4.69, 9.17) is 17.3 Å². The van der Waals surface area contributed by atoms with Gasteiger partial charge < -0.3 is 11.1 Å². The van der Waals surface area contributed by atoms with Crippen LogP contribution in [0.1, 0.15) is 10.4 Å². The minimum atomic E-state index is -0.518. The van der Waals surface area contributed by atoms with E-state index >= 15 is 0 Å². The van der Waals surface area contributed by atoms with Crippen LogP contribution in [-0.4, -0.2) is 17.9 Å². The normalized spacial score (nSPS) is 9.50. The van der Waals surface area contributed by atoms with Crippen molar-refractivity contribution in [3.05, 3.63) is 22.8 Å². The van der Waals surface area contributed by atoms with E-state index in [0.29, 0.717) is 11.4 Å². The Labute approximate surface area is 74.7 Å². The van der Waals surface area contributed by atoms with Gasteiger partial charge in [-0.15, -0.1) is 0 Å². The van der Waals surface area contributed by atoms with Gasteiger partial charge in [-0.3, -0.25) is 4.79 Å². The van der Waals surface area contributed by atoms with Crippen molar-refractivity contribution >= 4 is 23.3 Å². The molecule has 0 unspecified atom stereocenters. The van der Waals surface area contributed by atoms with Crippen LogP contribution in [0.4, 0.5) is 5.82 Å². The first kappa shape index (κ1) is 8.80. The number of pyridine rings is 1. The molecule has 0 radical (unpaired) electrons. The van der Waals surface area contributed by atoms with Crippen molar-refractivity contribution in [3.63, 3.8) is 0 Å². The Morgan fingerprint density at radius 1 is 1.67 bits per heavy atom. The Balaban J connectivity index is 3.15. The fraction of sp³-hybridized carbons (Fsp3) is 0.143. The Hall–Kier alpha value is -1.29. The summed E-state index contributed by atoms with van der Waals surface area (Å²) in [6, 6.07) is 2.96. The molecule has 0 saturated heterocycles. The van der Waals surface area contributed by atoms with E-state index in [-0.39, 0.29) is 5.15 Å². The lowest BCUT2D eigenvalue weighted by molar-refractivity contribution is 0.1000. The summed E-state index contributed by atoms with van der Waals surface area (Å²) in [7, 11) is 1.68. The van der Waals surface area contributed by atoms with E-state index in [1.54, 1.807) is 7.05 Å². The second kappa shape index (κ2) is 3.40. The maximum absolute atomic E-state index is 10.7. The lowest BCUT2D eigenvalue weighted by atomic mass is 10.2. The number of anilines is 1. The Morgan fingerprint density at radius 2 is 2.33 bits per heavy atom. The molecule has 1 heterocycles. The zero-order chi connectivity index (χ0) is 9.14.